The summed E-state index contributed by atoms with van der Waals surface area (Å²) in [6.07, 6.45) is -0.640. The lowest BCUT2D eigenvalue weighted by Crippen LogP contribution is -2.57. The molecule has 4 unspecified atom stereocenters. The lowest BCUT2D eigenvalue weighted by Gasteiger charge is -2.24. The fourth-order valence-corrected chi connectivity index (χ4v) is 3.01. The fraction of sp³-hybridized carbons (Fsp3) is 0.611. The average molecular weight is 508 g/mol. The van der Waals surface area contributed by atoms with Crippen molar-refractivity contribution < 1.29 is 48.9 Å². The van der Waals surface area contributed by atoms with Gasteiger partial charge in [-0.15, -0.1) is 0 Å². The third kappa shape index (κ3) is 12.6. The number of hydrogen-bond acceptors (Lipinski definition) is 9. The highest BCUT2D eigenvalue weighted by atomic mass is 32.2. The molecule has 0 spiro atoms. The number of aliphatic carboxylic acids is 3. The smallest absolute Gasteiger partial charge is 0.326 e. The summed E-state index contributed by atoms with van der Waals surface area (Å²) in [6.45, 7) is 0. The number of carbonyl (C=O) groups is 7. The molecule has 192 valence electrons. The van der Waals surface area contributed by atoms with E-state index in [4.69, 9.17) is 21.7 Å². The largest absolute Gasteiger partial charge is 0.481 e. The quantitative estimate of drug-likeness (QED) is 0.0968. The van der Waals surface area contributed by atoms with Gasteiger partial charge in [0.25, 0.3) is 0 Å². The zero-order valence-corrected chi connectivity index (χ0v) is 19.1. The number of primary amides is 1. The molecule has 0 radical (unpaired) electrons. The van der Waals surface area contributed by atoms with Crippen LogP contribution in [0.15, 0.2) is 0 Å². The van der Waals surface area contributed by atoms with Crippen molar-refractivity contribution >= 4 is 53.3 Å². The minimum absolute atomic E-state index is 0.0673. The lowest BCUT2D eigenvalue weighted by atomic mass is 10.1. The molecule has 0 aliphatic heterocycles. The molecule has 4 amide bonds. The summed E-state index contributed by atoms with van der Waals surface area (Å²) < 4.78 is 0. The second-order valence-corrected chi connectivity index (χ2v) is 8.10. The summed E-state index contributed by atoms with van der Waals surface area (Å²) in [5.74, 6) is -7.90. The lowest BCUT2D eigenvalue weighted by molar-refractivity contribution is -0.143. The van der Waals surface area contributed by atoms with Gasteiger partial charge in [0.15, 0.2) is 0 Å². The van der Waals surface area contributed by atoms with E-state index in [0.29, 0.717) is 5.75 Å². The summed E-state index contributed by atoms with van der Waals surface area (Å²) >= 11 is 1.34. The van der Waals surface area contributed by atoms with Gasteiger partial charge in [-0.3, -0.25) is 28.8 Å². The van der Waals surface area contributed by atoms with Crippen LogP contribution in [0.3, 0.4) is 0 Å². The van der Waals surface area contributed by atoms with Crippen molar-refractivity contribution in [3.63, 3.8) is 0 Å². The maximum Gasteiger partial charge on any atom is 0.326 e. The highest BCUT2D eigenvalue weighted by molar-refractivity contribution is 7.98. The topological polar surface area (TPSA) is 268 Å². The Morgan fingerprint density at radius 3 is 1.74 bits per heavy atom. The van der Waals surface area contributed by atoms with Crippen molar-refractivity contribution in [2.24, 2.45) is 11.5 Å². The second-order valence-electron chi connectivity index (χ2n) is 7.11. The van der Waals surface area contributed by atoms with Crippen LogP contribution in [-0.4, -0.2) is 93.0 Å². The summed E-state index contributed by atoms with van der Waals surface area (Å²) in [4.78, 5) is 81.7. The van der Waals surface area contributed by atoms with Gasteiger partial charge in [0, 0.05) is 6.42 Å². The number of rotatable bonds is 17. The number of amides is 4. The van der Waals surface area contributed by atoms with Crippen molar-refractivity contribution in [2.45, 2.75) is 56.3 Å². The maximum absolute atomic E-state index is 12.6. The monoisotopic (exact) mass is 507 g/mol. The van der Waals surface area contributed by atoms with Crippen LogP contribution in [0.25, 0.3) is 0 Å². The molecular weight excluding hydrogens is 478 g/mol. The number of thioether (sulfide) groups is 1. The van der Waals surface area contributed by atoms with Crippen molar-refractivity contribution in [3.8, 4) is 0 Å². The van der Waals surface area contributed by atoms with E-state index in [1.165, 1.54) is 11.8 Å². The molecule has 0 heterocycles. The predicted molar refractivity (Wildman–Crippen MR) is 117 cm³/mol. The molecule has 0 aromatic carbocycles. The number of carboxylic acid groups (broad SMARTS) is 3. The zero-order chi connectivity index (χ0) is 26.4. The van der Waals surface area contributed by atoms with Crippen molar-refractivity contribution in [3.05, 3.63) is 0 Å². The number of carboxylic acids is 3. The van der Waals surface area contributed by atoms with Gasteiger partial charge in [-0.25, -0.2) is 4.79 Å². The fourth-order valence-electron chi connectivity index (χ4n) is 2.54. The zero-order valence-electron chi connectivity index (χ0n) is 18.3. The van der Waals surface area contributed by atoms with Gasteiger partial charge in [0.2, 0.25) is 23.6 Å². The molecular formula is C18H29N5O10S. The molecule has 0 aromatic heterocycles. The molecule has 10 N–H and O–H groups in total. The van der Waals surface area contributed by atoms with Crippen LogP contribution in [0.1, 0.15) is 32.1 Å². The van der Waals surface area contributed by atoms with Crippen LogP contribution < -0.4 is 27.4 Å². The normalized spacial score (nSPS) is 14.1. The Morgan fingerprint density at radius 1 is 0.765 bits per heavy atom. The van der Waals surface area contributed by atoms with Crippen LogP contribution >= 0.6 is 11.8 Å². The Bertz CT molecular complexity index is 793. The van der Waals surface area contributed by atoms with Crippen molar-refractivity contribution in [2.75, 3.05) is 12.0 Å². The van der Waals surface area contributed by atoms with Crippen molar-refractivity contribution in [1.29, 1.82) is 0 Å². The first-order valence-electron chi connectivity index (χ1n) is 9.88. The Kier molecular flexibility index (Phi) is 13.9. The standard InChI is InChI=1S/C18H29N5O10S/c1-34-5-4-10(18(32)33)22-16(30)9(2-3-12(20)24)21-17(31)11(7-14(27)28)23-15(29)8(19)6-13(25)26/h8-11H,2-7,19H2,1H3,(H2,20,24)(H,21,31)(H,22,30)(H,23,29)(H,25,26)(H,27,28)(H,32,33). The van der Waals surface area contributed by atoms with Gasteiger partial charge in [-0.1, -0.05) is 0 Å². The van der Waals surface area contributed by atoms with E-state index >= 15 is 0 Å². The van der Waals surface area contributed by atoms with Gasteiger partial charge in [-0.05, 0) is 24.9 Å². The molecule has 34 heavy (non-hydrogen) atoms. The highest BCUT2D eigenvalue weighted by Gasteiger charge is 2.31. The first-order chi connectivity index (χ1) is 15.8. The summed E-state index contributed by atoms with van der Waals surface area (Å²) in [6, 6.07) is -6.11. The third-order valence-electron chi connectivity index (χ3n) is 4.28. The van der Waals surface area contributed by atoms with Crippen LogP contribution in [0, 0.1) is 0 Å². The molecule has 0 saturated carbocycles. The highest BCUT2D eigenvalue weighted by Crippen LogP contribution is 2.05. The van der Waals surface area contributed by atoms with E-state index in [9.17, 15) is 38.7 Å². The molecule has 0 bridgehead atoms. The third-order valence-corrected chi connectivity index (χ3v) is 4.92. The molecule has 15 nitrogen and oxygen atoms in total. The first kappa shape index (κ1) is 30.6. The summed E-state index contributed by atoms with van der Waals surface area (Å²) in [7, 11) is 0. The van der Waals surface area contributed by atoms with E-state index in [1.54, 1.807) is 6.26 Å². The average Bonchev–Trinajstić information content (AvgIpc) is 2.71. The van der Waals surface area contributed by atoms with E-state index < -0.39 is 78.5 Å². The van der Waals surface area contributed by atoms with Crippen LogP contribution in [0.4, 0.5) is 0 Å². The van der Waals surface area contributed by atoms with Gasteiger partial charge >= 0.3 is 17.9 Å². The van der Waals surface area contributed by atoms with Gasteiger partial charge in [0.05, 0.1) is 18.9 Å². The number of carbonyl (C=O) groups excluding carboxylic acids is 4. The Hall–Kier alpha value is -3.40. The van der Waals surface area contributed by atoms with E-state index in [-0.39, 0.29) is 19.3 Å². The molecule has 0 fully saturated rings. The minimum Gasteiger partial charge on any atom is -0.481 e. The number of nitrogens with two attached hydrogens (primary N) is 2. The molecule has 0 rings (SSSR count). The Morgan fingerprint density at radius 2 is 1.26 bits per heavy atom. The van der Waals surface area contributed by atoms with Crippen LogP contribution in [0.5, 0.6) is 0 Å². The number of hydrogen-bond donors (Lipinski definition) is 8. The maximum atomic E-state index is 12.6. The second kappa shape index (κ2) is 15.4. The Balaban J connectivity index is 5.57. The van der Waals surface area contributed by atoms with E-state index in [1.807, 2.05) is 5.32 Å². The SMILES string of the molecule is CSCCC(NC(=O)C(CCC(N)=O)NC(=O)C(CC(=O)O)NC(=O)C(N)CC(=O)O)C(=O)O. The molecule has 4 atom stereocenters. The van der Waals surface area contributed by atoms with E-state index in [2.05, 4.69) is 10.6 Å². The van der Waals surface area contributed by atoms with Gasteiger partial charge < -0.3 is 42.7 Å². The van der Waals surface area contributed by atoms with E-state index in [0.717, 1.165) is 0 Å². The molecule has 16 heteroatoms. The molecule has 0 saturated heterocycles. The summed E-state index contributed by atoms with van der Waals surface area (Å²) in [5, 5.41) is 33.5. The van der Waals surface area contributed by atoms with Crippen LogP contribution in [0.2, 0.25) is 0 Å². The Labute approximate surface area is 198 Å². The minimum atomic E-state index is -1.75. The summed E-state index contributed by atoms with van der Waals surface area (Å²) in [5.41, 5.74) is 10.5. The molecule has 0 aliphatic carbocycles. The first-order valence-corrected chi connectivity index (χ1v) is 11.3. The molecule has 0 aromatic rings. The van der Waals surface area contributed by atoms with Crippen molar-refractivity contribution in [1.82, 2.24) is 16.0 Å². The molecule has 0 aliphatic rings. The van der Waals surface area contributed by atoms with Gasteiger partial charge in [0.1, 0.15) is 18.1 Å². The number of nitrogens with one attached hydrogen (secondary N) is 3. The van der Waals surface area contributed by atoms with Gasteiger partial charge in [-0.2, -0.15) is 11.8 Å². The predicted octanol–water partition coefficient (Wildman–Crippen LogP) is -3.18. The van der Waals surface area contributed by atoms with Crippen LogP contribution in [-0.2, 0) is 33.6 Å².